The van der Waals surface area contributed by atoms with E-state index in [0.717, 1.165) is 6.54 Å². The maximum absolute atomic E-state index is 3.59. The van der Waals surface area contributed by atoms with Gasteiger partial charge in [-0.3, -0.25) is 0 Å². The van der Waals surface area contributed by atoms with Gasteiger partial charge in [0.05, 0.1) is 0 Å². The first-order valence-corrected chi connectivity index (χ1v) is 7.20. The fraction of sp³-hybridized carbons (Fsp3) is 1.00. The van der Waals surface area contributed by atoms with Gasteiger partial charge in [-0.15, -0.1) is 0 Å². The molecule has 2 unspecified atom stereocenters. The van der Waals surface area contributed by atoms with Crippen LogP contribution in [0.15, 0.2) is 0 Å². The Morgan fingerprint density at radius 3 is 2.53 bits per heavy atom. The molecule has 1 aliphatic heterocycles. The van der Waals surface area contributed by atoms with Crippen molar-refractivity contribution >= 4 is 15.9 Å². The van der Waals surface area contributed by atoms with Gasteiger partial charge in [-0.2, -0.15) is 0 Å². The second kappa shape index (κ2) is 7.64. The molecule has 0 aromatic heterocycles. The number of nitrogens with zero attached hydrogens (tertiary/aromatic N) is 1. The molecule has 2 atom stereocenters. The third-order valence-corrected chi connectivity index (χ3v) is 3.39. The van der Waals surface area contributed by atoms with Crippen molar-refractivity contribution in [3.05, 3.63) is 0 Å². The maximum atomic E-state index is 3.59. The summed E-state index contributed by atoms with van der Waals surface area (Å²) in [5.74, 6) is 0. The van der Waals surface area contributed by atoms with E-state index in [-0.39, 0.29) is 0 Å². The summed E-state index contributed by atoms with van der Waals surface area (Å²) in [6.07, 6.45) is 5.32. The van der Waals surface area contributed by atoms with Crippen LogP contribution in [-0.4, -0.2) is 41.9 Å². The highest BCUT2D eigenvalue weighted by Gasteiger charge is 2.10. The monoisotopic (exact) mass is 276 g/mol. The van der Waals surface area contributed by atoms with E-state index in [4.69, 9.17) is 0 Å². The lowest BCUT2D eigenvalue weighted by Crippen LogP contribution is -2.31. The van der Waals surface area contributed by atoms with Crippen LogP contribution in [0.4, 0.5) is 0 Å². The molecule has 0 aromatic carbocycles. The van der Waals surface area contributed by atoms with Gasteiger partial charge in [-0.25, -0.2) is 0 Å². The minimum absolute atomic E-state index is 0.624. The first-order chi connectivity index (χ1) is 7.18. The van der Waals surface area contributed by atoms with Crippen molar-refractivity contribution in [1.29, 1.82) is 0 Å². The zero-order chi connectivity index (χ0) is 11.1. The smallest absolute Gasteiger partial charge is 0.0132 e. The highest BCUT2D eigenvalue weighted by molar-refractivity contribution is 9.09. The standard InChI is InChI=1S/C12H25BrN2/c1-11(13)10-12(2)14-6-5-9-15-7-3-4-8-15/h11-12,14H,3-10H2,1-2H3. The Morgan fingerprint density at radius 1 is 1.27 bits per heavy atom. The van der Waals surface area contributed by atoms with Crippen molar-refractivity contribution in [1.82, 2.24) is 10.2 Å². The first-order valence-electron chi connectivity index (χ1n) is 6.28. The summed E-state index contributed by atoms with van der Waals surface area (Å²) in [5.41, 5.74) is 0. The minimum atomic E-state index is 0.624. The van der Waals surface area contributed by atoms with E-state index in [1.54, 1.807) is 0 Å². The van der Waals surface area contributed by atoms with Gasteiger partial charge in [0.25, 0.3) is 0 Å². The molecule has 1 fully saturated rings. The number of halogens is 1. The molecule has 15 heavy (non-hydrogen) atoms. The summed E-state index contributed by atoms with van der Waals surface area (Å²) < 4.78 is 0. The predicted molar refractivity (Wildman–Crippen MR) is 70.8 cm³/mol. The van der Waals surface area contributed by atoms with E-state index >= 15 is 0 Å². The Bertz CT molecular complexity index is 156. The number of hydrogen-bond acceptors (Lipinski definition) is 2. The van der Waals surface area contributed by atoms with E-state index in [2.05, 4.69) is 40.0 Å². The van der Waals surface area contributed by atoms with Crippen LogP contribution in [0.25, 0.3) is 0 Å². The van der Waals surface area contributed by atoms with Crippen molar-refractivity contribution in [3.63, 3.8) is 0 Å². The SMILES string of the molecule is CC(Br)CC(C)NCCCN1CCCC1. The van der Waals surface area contributed by atoms with Gasteiger partial charge in [-0.05, 0) is 58.8 Å². The van der Waals surface area contributed by atoms with Crippen LogP contribution in [-0.2, 0) is 0 Å². The summed E-state index contributed by atoms with van der Waals surface area (Å²) in [6, 6.07) is 0.637. The molecule has 0 aromatic rings. The van der Waals surface area contributed by atoms with Crippen LogP contribution in [0, 0.1) is 0 Å². The van der Waals surface area contributed by atoms with Gasteiger partial charge in [-0.1, -0.05) is 22.9 Å². The lowest BCUT2D eigenvalue weighted by molar-refractivity contribution is 0.327. The highest BCUT2D eigenvalue weighted by atomic mass is 79.9. The molecule has 0 saturated carbocycles. The molecule has 0 spiro atoms. The van der Waals surface area contributed by atoms with Crippen LogP contribution in [0.1, 0.15) is 39.5 Å². The average Bonchev–Trinajstić information content (AvgIpc) is 2.63. The molecular weight excluding hydrogens is 252 g/mol. The Balaban J connectivity index is 1.91. The van der Waals surface area contributed by atoms with Crippen LogP contribution in [0.2, 0.25) is 0 Å². The summed E-state index contributed by atoms with van der Waals surface area (Å²) in [7, 11) is 0. The Labute approximate surface area is 103 Å². The number of hydrogen-bond donors (Lipinski definition) is 1. The average molecular weight is 277 g/mol. The second-order valence-electron chi connectivity index (χ2n) is 4.77. The largest absolute Gasteiger partial charge is 0.314 e. The quantitative estimate of drug-likeness (QED) is 0.568. The molecule has 0 aliphatic carbocycles. The van der Waals surface area contributed by atoms with Crippen LogP contribution in [0.3, 0.4) is 0 Å². The van der Waals surface area contributed by atoms with Crippen molar-refractivity contribution in [2.45, 2.75) is 50.4 Å². The van der Waals surface area contributed by atoms with E-state index < -0.39 is 0 Å². The zero-order valence-electron chi connectivity index (χ0n) is 10.1. The predicted octanol–water partition coefficient (Wildman–Crippen LogP) is 2.62. The van der Waals surface area contributed by atoms with Crippen molar-refractivity contribution in [2.24, 2.45) is 0 Å². The number of nitrogens with one attached hydrogen (secondary N) is 1. The first kappa shape index (κ1) is 13.5. The fourth-order valence-electron chi connectivity index (χ4n) is 2.23. The third kappa shape index (κ3) is 6.54. The molecule has 1 rings (SSSR count). The molecule has 1 aliphatic rings. The van der Waals surface area contributed by atoms with E-state index in [1.807, 2.05) is 0 Å². The number of likely N-dealkylation sites (tertiary alicyclic amines) is 1. The summed E-state index contributed by atoms with van der Waals surface area (Å²) >= 11 is 3.59. The molecular formula is C12H25BrN2. The summed E-state index contributed by atoms with van der Waals surface area (Å²) in [5, 5.41) is 3.58. The number of rotatable bonds is 7. The maximum Gasteiger partial charge on any atom is 0.0132 e. The Morgan fingerprint density at radius 2 is 1.93 bits per heavy atom. The topological polar surface area (TPSA) is 15.3 Å². The van der Waals surface area contributed by atoms with Gasteiger partial charge >= 0.3 is 0 Å². The van der Waals surface area contributed by atoms with E-state index in [9.17, 15) is 0 Å². The lowest BCUT2D eigenvalue weighted by atomic mass is 10.2. The molecule has 0 bridgehead atoms. The normalized spacial score (nSPS) is 21.8. The van der Waals surface area contributed by atoms with Crippen molar-refractivity contribution < 1.29 is 0 Å². The van der Waals surface area contributed by atoms with Gasteiger partial charge in [0.15, 0.2) is 0 Å². The van der Waals surface area contributed by atoms with Crippen LogP contribution in [0.5, 0.6) is 0 Å². The van der Waals surface area contributed by atoms with Gasteiger partial charge < -0.3 is 10.2 Å². The Hall–Kier alpha value is 0.400. The molecule has 1 heterocycles. The van der Waals surface area contributed by atoms with Gasteiger partial charge in [0.2, 0.25) is 0 Å². The molecule has 1 saturated heterocycles. The third-order valence-electron chi connectivity index (χ3n) is 3.02. The molecule has 90 valence electrons. The van der Waals surface area contributed by atoms with E-state index in [0.29, 0.717) is 10.9 Å². The van der Waals surface area contributed by atoms with Crippen molar-refractivity contribution in [2.75, 3.05) is 26.2 Å². The second-order valence-corrected chi connectivity index (χ2v) is 6.34. The Kier molecular flexibility index (Phi) is 6.86. The van der Waals surface area contributed by atoms with E-state index in [1.165, 1.54) is 45.3 Å². The van der Waals surface area contributed by atoms with Crippen LogP contribution < -0.4 is 5.32 Å². The fourth-order valence-corrected chi connectivity index (χ4v) is 2.79. The lowest BCUT2D eigenvalue weighted by Gasteiger charge is -2.17. The molecule has 2 nitrogen and oxygen atoms in total. The number of alkyl halides is 1. The van der Waals surface area contributed by atoms with Gasteiger partial charge in [0, 0.05) is 10.9 Å². The molecule has 0 radical (unpaired) electrons. The molecule has 0 amide bonds. The summed E-state index contributed by atoms with van der Waals surface area (Å²) in [4.78, 5) is 3.21. The molecule has 3 heteroatoms. The zero-order valence-corrected chi connectivity index (χ0v) is 11.7. The van der Waals surface area contributed by atoms with Gasteiger partial charge in [0.1, 0.15) is 0 Å². The minimum Gasteiger partial charge on any atom is -0.314 e. The highest BCUT2D eigenvalue weighted by Crippen LogP contribution is 2.08. The van der Waals surface area contributed by atoms with Crippen LogP contribution >= 0.6 is 15.9 Å². The summed E-state index contributed by atoms with van der Waals surface area (Å²) in [6.45, 7) is 9.58. The molecule has 1 N–H and O–H groups in total. The van der Waals surface area contributed by atoms with Crippen molar-refractivity contribution in [3.8, 4) is 0 Å².